The van der Waals surface area contributed by atoms with Gasteiger partial charge < -0.3 is 0 Å². The van der Waals surface area contributed by atoms with E-state index in [2.05, 4.69) is 46.9 Å². The Bertz CT molecular complexity index is 710. The van der Waals surface area contributed by atoms with Crippen molar-refractivity contribution >= 4 is 41.9 Å². The molecule has 6 nitrogen and oxygen atoms in total. The van der Waals surface area contributed by atoms with Crippen LogP contribution in [0.5, 0.6) is 0 Å². The van der Waals surface area contributed by atoms with Crippen molar-refractivity contribution in [3.63, 3.8) is 0 Å². The zero-order valence-electron chi connectivity index (χ0n) is 10.7. The van der Waals surface area contributed by atoms with E-state index in [1.807, 2.05) is 24.3 Å². The molecule has 0 aliphatic carbocycles. The Morgan fingerprint density at radius 1 is 1.30 bits per heavy atom. The van der Waals surface area contributed by atoms with Gasteiger partial charge in [-0.1, -0.05) is 39.3 Å². The van der Waals surface area contributed by atoms with Crippen LogP contribution < -0.4 is 4.72 Å². The molecule has 0 amide bonds. The van der Waals surface area contributed by atoms with Crippen LogP contribution in [0.2, 0.25) is 0 Å². The summed E-state index contributed by atoms with van der Waals surface area (Å²) in [6, 6.07) is 7.05. The summed E-state index contributed by atoms with van der Waals surface area (Å²) in [6.07, 6.45) is 0. The number of hydrogen-bond acceptors (Lipinski definition) is 4. The zero-order chi connectivity index (χ0) is 14.9. The van der Waals surface area contributed by atoms with Gasteiger partial charge in [-0.05, 0) is 34.5 Å². The predicted molar refractivity (Wildman–Crippen MR) is 81.6 cm³/mol. The van der Waals surface area contributed by atoms with E-state index in [0.717, 1.165) is 10.0 Å². The molecule has 2 rings (SSSR count). The Hall–Kier alpha value is -0.770. The van der Waals surface area contributed by atoms with Crippen molar-refractivity contribution in [3.8, 4) is 0 Å². The average molecular weight is 424 g/mol. The number of benzene rings is 1. The number of nitrogens with one attached hydrogen (secondary N) is 1. The van der Waals surface area contributed by atoms with Gasteiger partial charge >= 0.3 is 0 Å². The maximum absolute atomic E-state index is 12.4. The number of aryl methyl sites for hydroxylation is 1. The van der Waals surface area contributed by atoms with Gasteiger partial charge in [0, 0.05) is 17.6 Å². The van der Waals surface area contributed by atoms with Gasteiger partial charge in [0.15, 0.2) is 4.60 Å². The quantitative estimate of drug-likeness (QED) is 0.818. The molecule has 1 N–H and O–H groups in total. The normalized spacial score (nSPS) is 13.4. The molecule has 0 fully saturated rings. The molecule has 0 aliphatic rings. The van der Waals surface area contributed by atoms with Gasteiger partial charge in [-0.3, -0.25) is 0 Å². The van der Waals surface area contributed by atoms with Crippen LogP contribution in [0.3, 0.4) is 0 Å². The smallest absolute Gasteiger partial charge is 0.235 e. The molecular formula is C11H12Br2N4O2S. The zero-order valence-corrected chi connectivity index (χ0v) is 14.7. The van der Waals surface area contributed by atoms with Crippen molar-refractivity contribution in [2.75, 3.05) is 0 Å². The van der Waals surface area contributed by atoms with Gasteiger partial charge in [-0.25, -0.2) is 17.8 Å². The second kappa shape index (κ2) is 5.92. The Morgan fingerprint density at radius 3 is 2.50 bits per heavy atom. The summed E-state index contributed by atoms with van der Waals surface area (Å²) in [6.45, 7) is 1.77. The minimum Gasteiger partial charge on any atom is -0.235 e. The summed E-state index contributed by atoms with van der Waals surface area (Å²) in [5.74, 6) is 0. The lowest BCUT2D eigenvalue weighted by Crippen LogP contribution is -2.29. The van der Waals surface area contributed by atoms with Crippen LogP contribution in [0.15, 0.2) is 38.4 Å². The van der Waals surface area contributed by atoms with E-state index in [9.17, 15) is 8.42 Å². The first-order valence-corrected chi connectivity index (χ1v) is 8.72. The molecule has 1 aromatic carbocycles. The van der Waals surface area contributed by atoms with E-state index in [1.54, 1.807) is 6.92 Å². The van der Waals surface area contributed by atoms with Gasteiger partial charge in [0.2, 0.25) is 5.03 Å². The fraction of sp³-hybridized carbons (Fsp3) is 0.273. The summed E-state index contributed by atoms with van der Waals surface area (Å²) in [7, 11) is -2.20. The highest BCUT2D eigenvalue weighted by Gasteiger charge is 2.26. The monoisotopic (exact) mass is 422 g/mol. The molecular weight excluding hydrogens is 412 g/mol. The van der Waals surface area contributed by atoms with Crippen LogP contribution in [0.4, 0.5) is 0 Å². The van der Waals surface area contributed by atoms with Crippen LogP contribution in [0.1, 0.15) is 18.5 Å². The first kappa shape index (κ1) is 15.6. The maximum Gasteiger partial charge on any atom is 0.261 e. The van der Waals surface area contributed by atoms with Gasteiger partial charge in [0.1, 0.15) is 0 Å². The minimum atomic E-state index is -3.72. The third-order valence-corrected chi connectivity index (χ3v) is 5.84. The van der Waals surface area contributed by atoms with Crippen molar-refractivity contribution in [1.29, 1.82) is 0 Å². The number of hydrogen-bond donors (Lipinski definition) is 1. The van der Waals surface area contributed by atoms with Crippen molar-refractivity contribution in [3.05, 3.63) is 38.9 Å². The predicted octanol–water partition coefficient (Wildman–Crippen LogP) is 2.38. The van der Waals surface area contributed by atoms with E-state index in [4.69, 9.17) is 0 Å². The largest absolute Gasteiger partial charge is 0.261 e. The van der Waals surface area contributed by atoms with Crippen LogP contribution in [0.25, 0.3) is 0 Å². The van der Waals surface area contributed by atoms with Crippen LogP contribution in [-0.4, -0.2) is 23.4 Å². The van der Waals surface area contributed by atoms with Gasteiger partial charge in [0.25, 0.3) is 10.0 Å². The molecule has 1 atom stereocenters. The Morgan fingerprint density at radius 2 is 1.95 bits per heavy atom. The maximum atomic E-state index is 12.4. The Kier molecular flexibility index (Phi) is 4.62. The molecule has 0 saturated heterocycles. The van der Waals surface area contributed by atoms with E-state index in [1.165, 1.54) is 11.7 Å². The lowest BCUT2D eigenvalue weighted by Gasteiger charge is -2.15. The molecule has 108 valence electrons. The molecule has 0 spiro atoms. The van der Waals surface area contributed by atoms with Gasteiger partial charge in [-0.2, -0.15) is 0 Å². The summed E-state index contributed by atoms with van der Waals surface area (Å²) in [5.41, 5.74) is 0.849. The lowest BCUT2D eigenvalue weighted by atomic mass is 10.1. The number of halogens is 2. The molecule has 0 saturated carbocycles. The average Bonchev–Trinajstić information content (AvgIpc) is 2.69. The van der Waals surface area contributed by atoms with Crippen molar-refractivity contribution in [2.24, 2.45) is 7.05 Å². The molecule has 1 heterocycles. The highest BCUT2D eigenvalue weighted by atomic mass is 79.9. The standard InChI is InChI=1S/C11H12Br2N4O2S/c1-7(8-5-3-4-6-9(8)12)15-20(18,19)11-10(13)14-16-17(11)2/h3-7,15H,1-2H3. The van der Waals surface area contributed by atoms with E-state index in [0.29, 0.717) is 0 Å². The summed E-state index contributed by atoms with van der Waals surface area (Å²) >= 11 is 6.50. The summed E-state index contributed by atoms with van der Waals surface area (Å²) < 4.78 is 29.6. The van der Waals surface area contributed by atoms with Crippen molar-refractivity contribution in [2.45, 2.75) is 18.0 Å². The van der Waals surface area contributed by atoms with Crippen LogP contribution in [0, 0.1) is 0 Å². The number of nitrogens with zero attached hydrogens (tertiary/aromatic N) is 3. The van der Waals surface area contributed by atoms with Gasteiger partial charge in [0.05, 0.1) is 0 Å². The van der Waals surface area contributed by atoms with Crippen LogP contribution in [-0.2, 0) is 17.1 Å². The molecule has 0 bridgehead atoms. The van der Waals surface area contributed by atoms with E-state index >= 15 is 0 Å². The van der Waals surface area contributed by atoms with Crippen LogP contribution >= 0.6 is 31.9 Å². The molecule has 2 aromatic rings. The van der Waals surface area contributed by atoms with Crippen molar-refractivity contribution in [1.82, 2.24) is 19.7 Å². The highest BCUT2D eigenvalue weighted by Crippen LogP contribution is 2.25. The Balaban J connectivity index is 2.32. The van der Waals surface area contributed by atoms with E-state index in [-0.39, 0.29) is 9.63 Å². The van der Waals surface area contributed by atoms with Crippen molar-refractivity contribution < 1.29 is 8.42 Å². The first-order valence-electron chi connectivity index (χ1n) is 5.65. The van der Waals surface area contributed by atoms with E-state index < -0.39 is 16.1 Å². The molecule has 1 aromatic heterocycles. The highest BCUT2D eigenvalue weighted by molar-refractivity contribution is 9.10. The molecule has 0 radical (unpaired) electrons. The lowest BCUT2D eigenvalue weighted by molar-refractivity contribution is 0.547. The minimum absolute atomic E-state index is 0.00333. The molecule has 9 heteroatoms. The molecule has 1 unspecified atom stereocenters. The summed E-state index contributed by atoms with van der Waals surface area (Å²) in [5, 5.41) is 7.35. The molecule has 0 aliphatic heterocycles. The second-order valence-corrected chi connectivity index (χ2v) is 7.41. The number of rotatable bonds is 4. The summed E-state index contributed by atoms with van der Waals surface area (Å²) in [4.78, 5) is 0. The first-order chi connectivity index (χ1) is 9.33. The SMILES string of the molecule is CC(NS(=O)(=O)c1c(Br)nnn1C)c1ccccc1Br. The second-order valence-electron chi connectivity index (χ2n) is 4.17. The topological polar surface area (TPSA) is 76.9 Å². The third kappa shape index (κ3) is 3.11. The fourth-order valence-corrected chi connectivity index (χ4v) is 4.73. The number of sulfonamides is 1. The fourth-order valence-electron chi connectivity index (χ4n) is 1.79. The third-order valence-electron chi connectivity index (χ3n) is 2.70. The number of aromatic nitrogens is 3. The Labute approximate surface area is 133 Å². The molecule has 20 heavy (non-hydrogen) atoms. The van der Waals surface area contributed by atoms with Gasteiger partial charge in [-0.15, -0.1) is 5.10 Å².